The Bertz CT molecular complexity index is 873. The molecule has 10 heteroatoms. The molecule has 3 amide bonds. The Morgan fingerprint density at radius 1 is 1.33 bits per heavy atom. The SMILES string of the molecule is COC1(O)C(Cl)=CC(c2ccccc2NC(C)=O)=CC1(Cl)C(=S)NC(N)=O. The van der Waals surface area contributed by atoms with Crippen molar-refractivity contribution in [3.8, 4) is 0 Å². The highest BCUT2D eigenvalue weighted by molar-refractivity contribution is 7.80. The summed E-state index contributed by atoms with van der Waals surface area (Å²) in [7, 11) is 1.18. The number of anilines is 1. The van der Waals surface area contributed by atoms with Gasteiger partial charge in [-0.05, 0) is 23.8 Å². The van der Waals surface area contributed by atoms with E-state index in [1.807, 2.05) is 0 Å². The zero-order valence-electron chi connectivity index (χ0n) is 14.4. The number of benzene rings is 1. The zero-order chi connectivity index (χ0) is 20.4. The molecule has 0 fully saturated rings. The Kier molecular flexibility index (Phi) is 6.28. The van der Waals surface area contributed by atoms with Gasteiger partial charge in [0.25, 0.3) is 0 Å². The number of nitrogens with two attached hydrogens (primary N) is 1. The molecular weight excluding hydrogens is 413 g/mol. The lowest BCUT2D eigenvalue weighted by Crippen LogP contribution is -2.61. The molecule has 144 valence electrons. The van der Waals surface area contributed by atoms with Gasteiger partial charge in [-0.2, -0.15) is 0 Å². The molecule has 0 bridgehead atoms. The maximum absolute atomic E-state index is 11.5. The van der Waals surface area contributed by atoms with Crippen molar-refractivity contribution in [1.82, 2.24) is 5.32 Å². The Morgan fingerprint density at radius 2 is 1.96 bits per heavy atom. The van der Waals surface area contributed by atoms with Crippen molar-refractivity contribution in [3.05, 3.63) is 47.0 Å². The number of para-hydroxylation sites is 1. The molecular formula is C17H17Cl2N3O4S. The van der Waals surface area contributed by atoms with Crippen LogP contribution in [0, 0.1) is 0 Å². The van der Waals surface area contributed by atoms with E-state index in [1.165, 1.54) is 26.2 Å². The first-order chi connectivity index (χ1) is 12.5. The fraction of sp³-hybridized carbons (Fsp3) is 0.235. The third-order valence-corrected chi connectivity index (χ3v) is 5.32. The molecule has 1 aromatic carbocycles. The van der Waals surface area contributed by atoms with E-state index < -0.39 is 16.7 Å². The first-order valence-corrected chi connectivity index (χ1v) is 8.76. The van der Waals surface area contributed by atoms with Crippen molar-refractivity contribution in [2.75, 3.05) is 12.4 Å². The first kappa shape index (κ1) is 21.3. The van der Waals surface area contributed by atoms with E-state index in [0.717, 1.165) is 0 Å². The monoisotopic (exact) mass is 429 g/mol. The number of thiocarbonyl (C=S) groups is 1. The molecule has 7 nitrogen and oxygen atoms in total. The van der Waals surface area contributed by atoms with Crippen LogP contribution in [0.5, 0.6) is 0 Å². The lowest BCUT2D eigenvalue weighted by Gasteiger charge is -2.42. The van der Waals surface area contributed by atoms with Crippen LogP contribution in [0.25, 0.3) is 5.57 Å². The molecule has 2 unspecified atom stereocenters. The van der Waals surface area contributed by atoms with Gasteiger partial charge in [-0.1, -0.05) is 42.0 Å². The van der Waals surface area contributed by atoms with Crippen molar-refractivity contribution in [1.29, 1.82) is 0 Å². The predicted octanol–water partition coefficient (Wildman–Crippen LogP) is 2.47. The normalized spacial score (nSPS) is 24.5. The molecule has 0 heterocycles. The maximum atomic E-state index is 11.5. The van der Waals surface area contributed by atoms with E-state index in [2.05, 4.69) is 10.6 Å². The average molecular weight is 430 g/mol. The van der Waals surface area contributed by atoms with E-state index in [-0.39, 0.29) is 15.9 Å². The summed E-state index contributed by atoms with van der Waals surface area (Å²) in [5.74, 6) is -2.52. The van der Waals surface area contributed by atoms with Crippen LogP contribution in [0.4, 0.5) is 10.5 Å². The summed E-state index contributed by atoms with van der Waals surface area (Å²) in [5, 5.41) is 15.6. The molecule has 2 rings (SSSR count). The second-order valence-corrected chi connectivity index (χ2v) is 7.11. The number of nitrogens with one attached hydrogen (secondary N) is 2. The summed E-state index contributed by atoms with van der Waals surface area (Å²) in [6, 6.07) is 5.93. The van der Waals surface area contributed by atoms with Crippen LogP contribution in [-0.4, -0.2) is 39.8 Å². The number of methoxy groups -OCH3 is 1. The number of aliphatic hydroxyl groups is 1. The molecule has 27 heavy (non-hydrogen) atoms. The van der Waals surface area contributed by atoms with Crippen LogP contribution < -0.4 is 16.4 Å². The van der Waals surface area contributed by atoms with Crippen LogP contribution in [0.3, 0.4) is 0 Å². The number of amides is 3. The fourth-order valence-electron chi connectivity index (χ4n) is 2.62. The minimum absolute atomic E-state index is 0.177. The number of rotatable bonds is 4. The quantitative estimate of drug-likeness (QED) is 0.333. The van der Waals surface area contributed by atoms with Gasteiger partial charge in [-0.25, -0.2) is 4.79 Å². The molecule has 0 saturated carbocycles. The van der Waals surface area contributed by atoms with E-state index >= 15 is 0 Å². The summed E-state index contributed by atoms with van der Waals surface area (Å²) in [4.78, 5) is 20.5. The summed E-state index contributed by atoms with van der Waals surface area (Å²) in [6.45, 7) is 1.37. The first-order valence-electron chi connectivity index (χ1n) is 7.60. The van der Waals surface area contributed by atoms with Crippen LogP contribution in [0.1, 0.15) is 12.5 Å². The summed E-state index contributed by atoms with van der Waals surface area (Å²) in [6.07, 6.45) is 2.81. The number of hydrogen-bond acceptors (Lipinski definition) is 5. The Hall–Kier alpha value is -1.97. The van der Waals surface area contributed by atoms with Crippen molar-refractivity contribution in [2.24, 2.45) is 5.73 Å². The number of ether oxygens (including phenoxy) is 1. The van der Waals surface area contributed by atoms with Crippen molar-refractivity contribution in [2.45, 2.75) is 17.6 Å². The van der Waals surface area contributed by atoms with Crippen LogP contribution >= 0.6 is 35.4 Å². The molecule has 2 atom stereocenters. The van der Waals surface area contributed by atoms with Crippen molar-refractivity contribution >= 4 is 63.6 Å². The van der Waals surface area contributed by atoms with Gasteiger partial charge < -0.3 is 26.2 Å². The lowest BCUT2D eigenvalue weighted by atomic mass is 9.85. The Balaban J connectivity index is 2.66. The van der Waals surface area contributed by atoms with Gasteiger partial charge in [0.15, 0.2) is 4.87 Å². The molecule has 1 aliphatic carbocycles. The number of allylic oxidation sites excluding steroid dienone is 2. The second kappa shape index (κ2) is 7.95. The molecule has 0 aliphatic heterocycles. The zero-order valence-corrected chi connectivity index (χ0v) is 16.7. The highest BCUT2D eigenvalue weighted by Gasteiger charge is 2.56. The predicted molar refractivity (Wildman–Crippen MR) is 109 cm³/mol. The van der Waals surface area contributed by atoms with Gasteiger partial charge in [-0.3, -0.25) is 4.79 Å². The molecule has 0 spiro atoms. The molecule has 1 aromatic rings. The maximum Gasteiger partial charge on any atom is 0.317 e. The molecule has 1 aliphatic rings. The summed E-state index contributed by atoms with van der Waals surface area (Å²) >= 11 is 18.0. The molecule has 5 N–H and O–H groups in total. The van der Waals surface area contributed by atoms with E-state index in [0.29, 0.717) is 16.8 Å². The van der Waals surface area contributed by atoms with Gasteiger partial charge in [-0.15, -0.1) is 11.6 Å². The average Bonchev–Trinajstić information content (AvgIpc) is 2.58. The fourth-order valence-corrected chi connectivity index (χ4v) is 3.65. The van der Waals surface area contributed by atoms with E-state index in [9.17, 15) is 14.7 Å². The molecule has 0 aromatic heterocycles. The highest BCUT2D eigenvalue weighted by Crippen LogP contribution is 2.47. The minimum Gasteiger partial charge on any atom is -0.359 e. The highest BCUT2D eigenvalue weighted by atomic mass is 35.5. The summed E-state index contributed by atoms with van der Waals surface area (Å²) in [5.41, 5.74) is 6.61. The van der Waals surface area contributed by atoms with Gasteiger partial charge in [0.05, 0.1) is 5.03 Å². The number of carbonyl (C=O) groups is 2. The van der Waals surface area contributed by atoms with Crippen LogP contribution in [0.2, 0.25) is 0 Å². The molecule has 0 radical (unpaired) electrons. The number of primary amides is 1. The van der Waals surface area contributed by atoms with Gasteiger partial charge in [0.2, 0.25) is 11.7 Å². The van der Waals surface area contributed by atoms with Gasteiger partial charge in [0.1, 0.15) is 4.99 Å². The summed E-state index contributed by atoms with van der Waals surface area (Å²) < 4.78 is 5.12. The third-order valence-electron chi connectivity index (χ3n) is 3.86. The smallest absolute Gasteiger partial charge is 0.317 e. The van der Waals surface area contributed by atoms with E-state index in [4.69, 9.17) is 45.9 Å². The third kappa shape index (κ3) is 3.99. The van der Waals surface area contributed by atoms with Crippen molar-refractivity contribution < 1.29 is 19.4 Å². The second-order valence-electron chi connectivity index (χ2n) is 5.70. The number of urea groups is 1. The topological polar surface area (TPSA) is 114 Å². The lowest BCUT2D eigenvalue weighted by molar-refractivity contribution is -0.154. The van der Waals surface area contributed by atoms with Crippen molar-refractivity contribution in [3.63, 3.8) is 0 Å². The molecule has 0 saturated heterocycles. The number of halogens is 2. The van der Waals surface area contributed by atoms with Crippen LogP contribution in [0.15, 0.2) is 41.4 Å². The standard InChI is InChI=1S/C17H17Cl2N3O4S/c1-9(23)21-12-6-4-3-5-11(12)10-7-13(18)17(25,26-2)16(19,8-10)14(27)22-15(20)24/h3-8,25H,1-2H3,(H,21,23)(H3,20,22,24,27). The Morgan fingerprint density at radius 3 is 2.52 bits per heavy atom. The van der Waals surface area contributed by atoms with Gasteiger partial charge >= 0.3 is 6.03 Å². The number of hydrogen-bond donors (Lipinski definition) is 4. The van der Waals surface area contributed by atoms with Crippen LogP contribution in [-0.2, 0) is 9.53 Å². The van der Waals surface area contributed by atoms with E-state index in [1.54, 1.807) is 24.3 Å². The van der Waals surface area contributed by atoms with Gasteiger partial charge in [0, 0.05) is 25.3 Å². The number of alkyl halides is 1. The largest absolute Gasteiger partial charge is 0.359 e. The Labute approximate surface area is 171 Å². The number of carbonyl (C=O) groups excluding carboxylic acids is 2. The minimum atomic E-state index is -2.25.